The van der Waals surface area contributed by atoms with Crippen molar-refractivity contribution >= 4 is 33.5 Å². The van der Waals surface area contributed by atoms with Crippen molar-refractivity contribution in [2.75, 3.05) is 0 Å². The number of hydrogen-bond donors (Lipinski definition) is 0. The zero-order valence-corrected chi connectivity index (χ0v) is 11.1. The van der Waals surface area contributed by atoms with Gasteiger partial charge in [-0.05, 0) is 54.4 Å². The molecule has 0 radical (unpaired) electrons. The molecule has 0 fully saturated rings. The molecule has 82 valence electrons. The van der Waals surface area contributed by atoms with Crippen LogP contribution in [0.25, 0.3) is 0 Å². The van der Waals surface area contributed by atoms with Gasteiger partial charge in [0.15, 0.2) is 0 Å². The van der Waals surface area contributed by atoms with Gasteiger partial charge in [-0.1, -0.05) is 11.6 Å². The first kappa shape index (κ1) is 12.5. The lowest BCUT2D eigenvalue weighted by atomic mass is 10.1. The molecule has 0 atom stereocenters. The van der Waals surface area contributed by atoms with Crippen LogP contribution in [0.3, 0.4) is 0 Å². The van der Waals surface area contributed by atoms with E-state index in [1.165, 1.54) is 0 Å². The van der Waals surface area contributed by atoms with E-state index >= 15 is 0 Å². The van der Waals surface area contributed by atoms with Gasteiger partial charge in [0.2, 0.25) is 0 Å². The maximum Gasteiger partial charge on any atom is 0.338 e. The highest BCUT2D eigenvalue weighted by Gasteiger charge is 2.12. The Balaban J connectivity index is 3.01. The third-order valence-electron chi connectivity index (χ3n) is 1.79. The van der Waals surface area contributed by atoms with E-state index in [2.05, 4.69) is 15.9 Å². The SMILES string of the molecule is Cc1cc(C(=O)OC(C)C)cc(Br)c1Cl. The van der Waals surface area contributed by atoms with Gasteiger partial charge < -0.3 is 4.74 Å². The van der Waals surface area contributed by atoms with Crippen LogP contribution in [0.1, 0.15) is 29.8 Å². The van der Waals surface area contributed by atoms with E-state index in [4.69, 9.17) is 16.3 Å². The molecule has 1 aromatic rings. The maximum atomic E-state index is 11.6. The van der Waals surface area contributed by atoms with Crippen LogP contribution in [0, 0.1) is 6.92 Å². The number of rotatable bonds is 2. The Bertz CT molecular complexity index is 365. The summed E-state index contributed by atoms with van der Waals surface area (Å²) in [5, 5.41) is 0.621. The van der Waals surface area contributed by atoms with Gasteiger partial charge in [0.05, 0.1) is 16.7 Å². The van der Waals surface area contributed by atoms with Gasteiger partial charge in [0.25, 0.3) is 0 Å². The topological polar surface area (TPSA) is 26.3 Å². The maximum absolute atomic E-state index is 11.6. The van der Waals surface area contributed by atoms with Crippen molar-refractivity contribution in [2.45, 2.75) is 26.9 Å². The Kier molecular flexibility index (Phi) is 4.17. The standard InChI is InChI=1S/C11H12BrClO2/c1-6(2)15-11(14)8-4-7(3)10(13)9(12)5-8/h4-6H,1-3H3. The van der Waals surface area contributed by atoms with Gasteiger partial charge in [-0.2, -0.15) is 0 Å². The monoisotopic (exact) mass is 290 g/mol. The minimum absolute atomic E-state index is 0.118. The van der Waals surface area contributed by atoms with Gasteiger partial charge in [-0.15, -0.1) is 0 Å². The van der Waals surface area contributed by atoms with Crippen molar-refractivity contribution in [2.24, 2.45) is 0 Å². The van der Waals surface area contributed by atoms with Crippen LogP contribution >= 0.6 is 27.5 Å². The van der Waals surface area contributed by atoms with Crippen LogP contribution in [0.2, 0.25) is 5.02 Å². The summed E-state index contributed by atoms with van der Waals surface area (Å²) in [6.07, 6.45) is -0.118. The molecular formula is C11H12BrClO2. The number of ether oxygens (including phenoxy) is 1. The lowest BCUT2D eigenvalue weighted by Gasteiger charge is -2.09. The van der Waals surface area contributed by atoms with Crippen LogP contribution in [-0.2, 0) is 4.74 Å². The van der Waals surface area contributed by atoms with E-state index in [0.717, 1.165) is 5.56 Å². The second kappa shape index (κ2) is 4.99. The molecule has 0 aromatic heterocycles. The van der Waals surface area contributed by atoms with Crippen molar-refractivity contribution < 1.29 is 9.53 Å². The molecule has 0 N–H and O–H groups in total. The molecule has 4 heteroatoms. The van der Waals surface area contributed by atoms with Gasteiger partial charge in [-0.25, -0.2) is 4.79 Å². The summed E-state index contributed by atoms with van der Waals surface area (Å²) < 4.78 is 5.79. The normalized spacial score (nSPS) is 10.5. The molecule has 0 aliphatic heterocycles. The average molecular weight is 292 g/mol. The molecular weight excluding hydrogens is 279 g/mol. The molecule has 0 spiro atoms. The summed E-state index contributed by atoms with van der Waals surface area (Å²) in [6, 6.07) is 3.39. The van der Waals surface area contributed by atoms with Crippen molar-refractivity contribution in [3.05, 3.63) is 32.8 Å². The molecule has 0 aliphatic rings. The molecule has 1 aromatic carbocycles. The fraction of sp³-hybridized carbons (Fsp3) is 0.364. The van der Waals surface area contributed by atoms with Crippen LogP contribution in [0.5, 0.6) is 0 Å². The second-order valence-corrected chi connectivity index (χ2v) is 4.78. The molecule has 0 heterocycles. The summed E-state index contributed by atoms with van der Waals surface area (Å²) in [5.74, 6) is -0.328. The second-order valence-electron chi connectivity index (χ2n) is 3.54. The van der Waals surface area contributed by atoms with Crippen LogP contribution < -0.4 is 0 Å². The first-order valence-corrected chi connectivity index (χ1v) is 5.75. The van der Waals surface area contributed by atoms with Gasteiger partial charge in [-0.3, -0.25) is 0 Å². The molecule has 0 bridgehead atoms. The fourth-order valence-corrected chi connectivity index (χ4v) is 1.79. The first-order valence-electron chi connectivity index (χ1n) is 4.58. The van der Waals surface area contributed by atoms with Crippen molar-refractivity contribution in [1.29, 1.82) is 0 Å². The lowest BCUT2D eigenvalue weighted by molar-refractivity contribution is 0.0377. The van der Waals surface area contributed by atoms with E-state index in [1.807, 2.05) is 20.8 Å². The van der Waals surface area contributed by atoms with E-state index < -0.39 is 0 Å². The summed E-state index contributed by atoms with van der Waals surface area (Å²) in [6.45, 7) is 5.48. The van der Waals surface area contributed by atoms with E-state index in [-0.39, 0.29) is 12.1 Å². The number of halogens is 2. The highest BCUT2D eigenvalue weighted by Crippen LogP contribution is 2.27. The number of carbonyl (C=O) groups excluding carboxylic acids is 1. The third-order valence-corrected chi connectivity index (χ3v) is 3.14. The van der Waals surface area contributed by atoms with Gasteiger partial charge >= 0.3 is 5.97 Å². The molecule has 1 rings (SSSR count). The Morgan fingerprint density at radius 2 is 2.07 bits per heavy atom. The summed E-state index contributed by atoms with van der Waals surface area (Å²) >= 11 is 9.25. The van der Waals surface area contributed by atoms with Gasteiger partial charge in [0.1, 0.15) is 0 Å². The average Bonchev–Trinajstić information content (AvgIpc) is 2.12. The summed E-state index contributed by atoms with van der Waals surface area (Å²) in [7, 11) is 0. The van der Waals surface area contributed by atoms with Gasteiger partial charge in [0, 0.05) is 4.47 Å². The highest BCUT2D eigenvalue weighted by molar-refractivity contribution is 9.10. The number of carbonyl (C=O) groups is 1. The highest BCUT2D eigenvalue weighted by atomic mass is 79.9. The molecule has 0 aliphatic carbocycles. The van der Waals surface area contributed by atoms with Crippen molar-refractivity contribution in [3.63, 3.8) is 0 Å². The minimum Gasteiger partial charge on any atom is -0.459 e. The smallest absolute Gasteiger partial charge is 0.338 e. The van der Waals surface area contributed by atoms with Crippen LogP contribution in [0.15, 0.2) is 16.6 Å². The van der Waals surface area contributed by atoms with E-state index in [1.54, 1.807) is 12.1 Å². The molecule has 0 saturated heterocycles. The Hall–Kier alpha value is -0.540. The number of aryl methyl sites for hydroxylation is 1. The number of hydrogen-bond acceptors (Lipinski definition) is 2. The third kappa shape index (κ3) is 3.21. The molecule has 2 nitrogen and oxygen atoms in total. The molecule has 0 unspecified atom stereocenters. The zero-order chi connectivity index (χ0) is 11.6. The van der Waals surface area contributed by atoms with E-state index in [0.29, 0.717) is 15.1 Å². The molecule has 15 heavy (non-hydrogen) atoms. The largest absolute Gasteiger partial charge is 0.459 e. The lowest BCUT2D eigenvalue weighted by Crippen LogP contribution is -2.11. The predicted molar refractivity (Wildman–Crippen MR) is 64.4 cm³/mol. The van der Waals surface area contributed by atoms with Crippen molar-refractivity contribution in [3.8, 4) is 0 Å². The molecule has 0 amide bonds. The molecule has 0 saturated carbocycles. The zero-order valence-electron chi connectivity index (χ0n) is 8.80. The van der Waals surface area contributed by atoms with Crippen LogP contribution in [0.4, 0.5) is 0 Å². The fourth-order valence-electron chi connectivity index (χ4n) is 1.13. The predicted octanol–water partition coefficient (Wildman–Crippen LogP) is 3.98. The Morgan fingerprint density at radius 3 is 2.53 bits per heavy atom. The number of esters is 1. The first-order chi connectivity index (χ1) is 6.91. The summed E-state index contributed by atoms with van der Waals surface area (Å²) in [4.78, 5) is 11.6. The van der Waals surface area contributed by atoms with Crippen molar-refractivity contribution in [1.82, 2.24) is 0 Å². The Morgan fingerprint density at radius 1 is 1.47 bits per heavy atom. The minimum atomic E-state index is -0.328. The van der Waals surface area contributed by atoms with Crippen LogP contribution in [-0.4, -0.2) is 12.1 Å². The number of benzene rings is 1. The van der Waals surface area contributed by atoms with E-state index in [9.17, 15) is 4.79 Å². The quantitative estimate of drug-likeness (QED) is 0.771. The summed E-state index contributed by atoms with van der Waals surface area (Å²) in [5.41, 5.74) is 1.36. The Labute approximate surface area is 103 Å².